The first kappa shape index (κ1) is 35.1. The molecule has 5 aromatic rings. The minimum atomic E-state index is -0.466. The molecule has 2 N–H and O–H groups in total. The summed E-state index contributed by atoms with van der Waals surface area (Å²) in [6, 6.07) is 21.3. The number of hydrogen-bond acceptors (Lipinski definition) is 5. The van der Waals surface area contributed by atoms with E-state index in [2.05, 4.69) is 72.0 Å². The van der Waals surface area contributed by atoms with Gasteiger partial charge in [-0.25, -0.2) is 9.78 Å². The smallest absolute Gasteiger partial charge is 0.307 e. The highest BCUT2D eigenvalue weighted by atomic mass is 16.2. The largest absolute Gasteiger partial charge is 0.323 e. The molecule has 0 saturated heterocycles. The van der Waals surface area contributed by atoms with Gasteiger partial charge in [-0.1, -0.05) is 83.2 Å². The van der Waals surface area contributed by atoms with Gasteiger partial charge in [-0.2, -0.15) is 0 Å². The number of rotatable bonds is 11. The van der Waals surface area contributed by atoms with Crippen molar-refractivity contribution in [3.8, 4) is 23.0 Å². The Hall–Kier alpha value is -5.26. The van der Waals surface area contributed by atoms with E-state index in [-0.39, 0.29) is 23.1 Å². The highest BCUT2D eigenvalue weighted by Crippen LogP contribution is 2.35. The molecule has 8 nitrogen and oxygen atoms in total. The van der Waals surface area contributed by atoms with Crippen LogP contribution in [0.25, 0.3) is 22.2 Å². The molecule has 0 aliphatic rings. The van der Waals surface area contributed by atoms with Crippen molar-refractivity contribution in [3.63, 3.8) is 0 Å². The van der Waals surface area contributed by atoms with Gasteiger partial charge in [0.2, 0.25) is 0 Å². The average Bonchev–Trinajstić information content (AvgIpc) is 3.09. The van der Waals surface area contributed by atoms with Crippen molar-refractivity contribution in [3.05, 3.63) is 118 Å². The van der Waals surface area contributed by atoms with Gasteiger partial charge in [0, 0.05) is 53.9 Å². The maximum Gasteiger partial charge on any atom is 0.323 e. The number of aryl methyl sites for hydroxylation is 1. The number of carbonyl (C=O) groups excluding carboxylic acids is 1. The number of amides is 2. The quantitative estimate of drug-likeness (QED) is 0.139. The molecule has 0 saturated carbocycles. The van der Waals surface area contributed by atoms with Crippen LogP contribution in [0.3, 0.4) is 0 Å². The summed E-state index contributed by atoms with van der Waals surface area (Å²) in [5, 5.41) is 6.92. The van der Waals surface area contributed by atoms with Gasteiger partial charge in [0.15, 0.2) is 0 Å². The topological polar surface area (TPSA) is 92.2 Å². The van der Waals surface area contributed by atoms with Gasteiger partial charge in [0.05, 0.1) is 6.54 Å². The van der Waals surface area contributed by atoms with Gasteiger partial charge >= 0.3 is 6.03 Å². The number of unbranched alkanes of at least 4 members (excludes halogenated alkanes) is 1. The predicted octanol–water partition coefficient (Wildman–Crippen LogP) is 8.63. The van der Waals surface area contributed by atoms with E-state index in [0.29, 0.717) is 24.3 Å². The fraction of sp³-hybridized carbons (Fsp3) is 0.317. The van der Waals surface area contributed by atoms with E-state index in [0.717, 1.165) is 52.7 Å². The van der Waals surface area contributed by atoms with Crippen LogP contribution in [0.15, 0.2) is 90.1 Å². The zero-order valence-corrected chi connectivity index (χ0v) is 29.4. The second kappa shape index (κ2) is 16.2. The fourth-order valence-electron chi connectivity index (χ4n) is 6.06. The van der Waals surface area contributed by atoms with Crippen LogP contribution < -0.4 is 16.2 Å². The van der Waals surface area contributed by atoms with Crippen molar-refractivity contribution in [1.82, 2.24) is 19.4 Å². The molecule has 0 aliphatic carbocycles. The molecule has 3 heterocycles. The minimum absolute atomic E-state index is 0.196. The monoisotopic (exact) mass is 654 g/mol. The Morgan fingerprint density at radius 2 is 1.59 bits per heavy atom. The Kier molecular flexibility index (Phi) is 11.6. The lowest BCUT2D eigenvalue weighted by atomic mass is 9.93. The van der Waals surface area contributed by atoms with Crippen LogP contribution in [-0.2, 0) is 13.1 Å². The SMILES string of the molecule is CCCCn1c(=O)c(NC(=O)Nc2c(C(C)C)cccc2C(C)C)c(-c2cccc(C#CCN(C)Cc3ccncc3)c2)c2cccnc21. The van der Waals surface area contributed by atoms with Crippen LogP contribution in [0.5, 0.6) is 0 Å². The lowest BCUT2D eigenvalue weighted by molar-refractivity contribution is 0.262. The molecular weight excluding hydrogens is 608 g/mol. The highest BCUT2D eigenvalue weighted by Gasteiger charge is 2.22. The predicted molar refractivity (Wildman–Crippen MR) is 201 cm³/mol. The molecule has 0 spiro atoms. The Balaban J connectivity index is 1.55. The molecule has 0 fully saturated rings. The van der Waals surface area contributed by atoms with E-state index >= 15 is 0 Å². The number of nitrogens with one attached hydrogen (secondary N) is 2. The van der Waals surface area contributed by atoms with Crippen molar-refractivity contribution >= 4 is 28.4 Å². The number of carbonyl (C=O) groups is 1. The number of pyridine rings is 3. The van der Waals surface area contributed by atoms with Crippen molar-refractivity contribution < 1.29 is 4.79 Å². The normalized spacial score (nSPS) is 11.2. The molecule has 5 rings (SSSR count). The molecule has 3 aromatic heterocycles. The summed E-state index contributed by atoms with van der Waals surface area (Å²) in [5.41, 5.74) is 6.76. The molecule has 0 aliphatic heterocycles. The van der Waals surface area contributed by atoms with E-state index in [4.69, 9.17) is 0 Å². The van der Waals surface area contributed by atoms with Crippen LogP contribution in [0.1, 0.15) is 81.5 Å². The summed E-state index contributed by atoms with van der Waals surface area (Å²) in [7, 11) is 2.03. The number of nitrogens with zero attached hydrogens (tertiary/aromatic N) is 4. The van der Waals surface area contributed by atoms with E-state index in [1.807, 2.05) is 73.8 Å². The van der Waals surface area contributed by atoms with Crippen LogP contribution >= 0.6 is 0 Å². The second-order valence-corrected chi connectivity index (χ2v) is 13.0. The number of benzene rings is 2. The van der Waals surface area contributed by atoms with Crippen molar-refractivity contribution in [1.29, 1.82) is 0 Å². The maximum absolute atomic E-state index is 14.3. The third-order valence-corrected chi connectivity index (χ3v) is 8.54. The van der Waals surface area contributed by atoms with Gasteiger partial charge in [0.1, 0.15) is 11.3 Å². The van der Waals surface area contributed by atoms with Gasteiger partial charge in [-0.3, -0.25) is 19.2 Å². The summed E-state index contributed by atoms with van der Waals surface area (Å²) < 4.78 is 1.68. The average molecular weight is 655 g/mol. The van der Waals surface area contributed by atoms with Crippen molar-refractivity contribution in [2.45, 2.75) is 72.4 Å². The lowest BCUT2D eigenvalue weighted by Gasteiger charge is -2.21. The summed E-state index contributed by atoms with van der Waals surface area (Å²) >= 11 is 0. The first-order valence-corrected chi connectivity index (χ1v) is 17.1. The van der Waals surface area contributed by atoms with E-state index in [1.54, 1.807) is 23.2 Å². The Labute approximate surface area is 289 Å². The zero-order valence-electron chi connectivity index (χ0n) is 29.4. The fourth-order valence-corrected chi connectivity index (χ4v) is 6.06. The Morgan fingerprint density at radius 3 is 2.29 bits per heavy atom. The number of fused-ring (bicyclic) bond motifs is 1. The molecule has 252 valence electrons. The van der Waals surface area contributed by atoms with Crippen LogP contribution in [-0.4, -0.2) is 39.1 Å². The molecule has 49 heavy (non-hydrogen) atoms. The van der Waals surface area contributed by atoms with Gasteiger partial charge in [0.25, 0.3) is 5.56 Å². The van der Waals surface area contributed by atoms with Crippen molar-refractivity contribution in [2.24, 2.45) is 0 Å². The standard InChI is InChI=1S/C41H46N6O2/c1-7-8-25-47-39-35(18-11-21-43-39)36(32-15-9-13-30(26-32)14-12-24-46(6)27-31-19-22-42-23-20-31)38(40(47)48)45-41(49)44-37-33(28(2)3)16-10-17-34(37)29(4)5/h9-11,13,15-23,26,28-29H,7-8,24-25,27H2,1-6H3,(H2,44,45,49). The second-order valence-electron chi connectivity index (χ2n) is 13.0. The maximum atomic E-state index is 14.3. The summed E-state index contributed by atoms with van der Waals surface area (Å²) in [6.07, 6.45) is 7.00. The number of anilines is 2. The van der Waals surface area contributed by atoms with E-state index in [9.17, 15) is 9.59 Å². The molecular formula is C41H46N6O2. The highest BCUT2D eigenvalue weighted by molar-refractivity contribution is 6.07. The van der Waals surface area contributed by atoms with Gasteiger partial charge in [-0.05, 0) is 84.0 Å². The summed E-state index contributed by atoms with van der Waals surface area (Å²) in [5.74, 6) is 6.98. The molecule has 2 amide bonds. The first-order valence-electron chi connectivity index (χ1n) is 17.1. The Bertz CT molecular complexity index is 2010. The van der Waals surface area contributed by atoms with E-state index in [1.165, 1.54) is 5.56 Å². The van der Waals surface area contributed by atoms with Gasteiger partial charge in [-0.15, -0.1) is 0 Å². The zero-order chi connectivity index (χ0) is 34.9. The number of urea groups is 1. The minimum Gasteiger partial charge on any atom is -0.307 e. The number of aromatic nitrogens is 3. The molecule has 0 unspecified atom stereocenters. The van der Waals surface area contributed by atoms with Crippen LogP contribution in [0, 0.1) is 11.8 Å². The van der Waals surface area contributed by atoms with Crippen LogP contribution in [0.2, 0.25) is 0 Å². The summed E-state index contributed by atoms with van der Waals surface area (Å²) in [4.78, 5) is 39.2. The third kappa shape index (κ3) is 8.43. The molecule has 0 atom stereocenters. The number of hydrogen-bond donors (Lipinski definition) is 2. The molecule has 0 bridgehead atoms. The molecule has 0 radical (unpaired) electrons. The van der Waals surface area contributed by atoms with E-state index < -0.39 is 6.03 Å². The van der Waals surface area contributed by atoms with Crippen molar-refractivity contribution in [2.75, 3.05) is 24.2 Å². The molecule has 8 heteroatoms. The third-order valence-electron chi connectivity index (χ3n) is 8.54. The number of para-hydroxylation sites is 1. The Morgan fingerprint density at radius 1 is 0.898 bits per heavy atom. The van der Waals surface area contributed by atoms with Gasteiger partial charge < -0.3 is 10.6 Å². The lowest BCUT2D eigenvalue weighted by Crippen LogP contribution is -2.30. The summed E-state index contributed by atoms with van der Waals surface area (Å²) in [6.45, 7) is 12.4. The molecule has 2 aromatic carbocycles. The van der Waals surface area contributed by atoms with Crippen LogP contribution in [0.4, 0.5) is 16.2 Å². The first-order chi connectivity index (χ1) is 23.7.